The summed E-state index contributed by atoms with van der Waals surface area (Å²) < 4.78 is 78.2. The number of likely N-dealkylation sites (N-methyl/N-ethyl adjacent to an activating group) is 1. The number of methoxy groups -OCH3 is 2. The Labute approximate surface area is 424 Å². The molecule has 3 aliphatic heterocycles. The predicted octanol–water partition coefficient (Wildman–Crippen LogP) is 3.57. The van der Waals surface area contributed by atoms with E-state index in [4.69, 9.17) is 28.4 Å². The number of benzene rings is 1. The molecule has 2 aromatic rings. The van der Waals surface area contributed by atoms with Crippen LogP contribution in [0.1, 0.15) is 118 Å². The summed E-state index contributed by atoms with van der Waals surface area (Å²) in [4.78, 5) is 30.9. The maximum atomic E-state index is 14.6. The lowest BCUT2D eigenvalue weighted by atomic mass is 9.67. The van der Waals surface area contributed by atoms with E-state index in [0.29, 0.717) is 30.6 Å². The summed E-state index contributed by atoms with van der Waals surface area (Å²) >= 11 is 0. The molecule has 72 heavy (non-hydrogen) atoms. The smallest absolute Gasteiger partial charge is 0.309 e. The Bertz CT molecular complexity index is 2220. The van der Waals surface area contributed by atoms with Gasteiger partial charge < -0.3 is 58.9 Å². The highest BCUT2D eigenvalue weighted by molar-refractivity contribution is 7.90. The Hall–Kier alpha value is -3.06. The summed E-state index contributed by atoms with van der Waals surface area (Å²) in [5.74, 6) is -5.35. The number of ketones is 1. The normalized spacial score (nSPS) is 39.8. The van der Waals surface area contributed by atoms with Gasteiger partial charge in [0.25, 0.3) is 0 Å². The fourth-order valence-electron chi connectivity index (χ4n) is 11.5. The van der Waals surface area contributed by atoms with Crippen molar-refractivity contribution < 1.29 is 76.4 Å². The first-order valence-electron chi connectivity index (χ1n) is 25.2. The van der Waals surface area contributed by atoms with Gasteiger partial charge in [-0.05, 0) is 84.5 Å². The van der Waals surface area contributed by atoms with E-state index in [-0.39, 0.29) is 29.9 Å². The van der Waals surface area contributed by atoms with Gasteiger partial charge in [-0.3, -0.25) is 9.59 Å². The number of cyclic esters (lactones) is 1. The van der Waals surface area contributed by atoms with Crippen molar-refractivity contribution in [1.82, 2.24) is 19.9 Å². The highest BCUT2D eigenvalue weighted by Gasteiger charge is 2.56. The van der Waals surface area contributed by atoms with Crippen LogP contribution >= 0.6 is 0 Å². The summed E-state index contributed by atoms with van der Waals surface area (Å²) in [6.45, 7) is 16.4. The van der Waals surface area contributed by atoms with Gasteiger partial charge in [0.2, 0.25) is 0 Å². The molecule has 0 radical (unpaired) electrons. The predicted molar refractivity (Wildman–Crippen MR) is 262 cm³/mol. The van der Waals surface area contributed by atoms with Gasteiger partial charge in [0.15, 0.2) is 16.1 Å². The van der Waals surface area contributed by atoms with Gasteiger partial charge in [-0.1, -0.05) is 52.0 Å². The third-order valence-corrected chi connectivity index (χ3v) is 17.4. The van der Waals surface area contributed by atoms with Crippen LogP contribution in [0.3, 0.4) is 0 Å². The molecule has 0 saturated carbocycles. The van der Waals surface area contributed by atoms with Gasteiger partial charge in [-0.15, -0.1) is 5.10 Å². The van der Waals surface area contributed by atoms with Crippen LogP contribution in [-0.4, -0.2) is 184 Å². The molecule has 19 nitrogen and oxygen atoms in total. The third-order valence-electron chi connectivity index (χ3n) is 16.3. The maximum absolute atomic E-state index is 14.6. The average Bonchev–Trinajstić information content (AvgIpc) is 3.81. The molecule has 21 heteroatoms. The van der Waals surface area contributed by atoms with Crippen molar-refractivity contribution in [3.8, 4) is 0 Å². The highest BCUT2D eigenvalue weighted by Crippen LogP contribution is 2.46. The number of alkyl halides is 1. The number of hydrogen-bond acceptors (Lipinski definition) is 18. The zero-order chi connectivity index (χ0) is 54.0. The van der Waals surface area contributed by atoms with Crippen molar-refractivity contribution in [3.05, 3.63) is 41.7 Å². The van der Waals surface area contributed by atoms with Gasteiger partial charge in [0.05, 0.1) is 58.2 Å². The van der Waals surface area contributed by atoms with E-state index in [1.165, 1.54) is 57.0 Å². The Morgan fingerprint density at radius 2 is 1.57 bits per heavy atom. The first-order valence-corrected chi connectivity index (χ1v) is 27.1. The Morgan fingerprint density at radius 3 is 2.14 bits per heavy atom. The fourth-order valence-corrected chi connectivity index (χ4v) is 12.2. The second kappa shape index (κ2) is 23.9. The fraction of sp³-hybridized carbons (Fsp3) is 0.804. The van der Waals surface area contributed by atoms with Crippen molar-refractivity contribution in [2.45, 2.75) is 196 Å². The number of aromatic nitrogens is 3. The van der Waals surface area contributed by atoms with Crippen LogP contribution in [0.25, 0.3) is 0 Å². The summed E-state index contributed by atoms with van der Waals surface area (Å²) in [5, 5.41) is 66.5. The number of carbonyl (C=O) groups is 2. The van der Waals surface area contributed by atoms with E-state index in [1.807, 2.05) is 25.8 Å². The SMILES string of the molecule is CC[C@H]1OC(=O)[C@H](C)[C@@H](C2C[C@@](C)(OC)[C@@H](O)[C@H](C)O2)[C@H](C)[C@@H](O[C@@H]2O[C@H](C)C[C@H](N(C)CCc3cn([C@H](CF)[C@H](O)c4ccc(S(C)(=O)=O)cc4)nn3)[C@H]2O)[C@](C)(OC)C[C@@H](C)C(=O)[C@H](C)[C@@H](O)[C@]1(C)O. The second-order valence-corrected chi connectivity index (χ2v) is 23.7. The number of nitrogens with zero attached hydrogens (tertiary/aromatic N) is 4. The molecule has 410 valence electrons. The molecule has 1 aromatic heterocycles. The van der Waals surface area contributed by atoms with Crippen molar-refractivity contribution >= 4 is 21.6 Å². The van der Waals surface area contributed by atoms with Gasteiger partial charge in [0, 0.05) is 69.9 Å². The number of halogens is 1. The Balaban J connectivity index is 1.47. The molecule has 20 atom stereocenters. The minimum Gasteiger partial charge on any atom is -0.459 e. The van der Waals surface area contributed by atoms with Crippen LogP contribution in [0.2, 0.25) is 0 Å². The topological polar surface area (TPSA) is 259 Å². The zero-order valence-electron chi connectivity index (χ0n) is 44.5. The third kappa shape index (κ3) is 12.8. The van der Waals surface area contributed by atoms with Crippen LogP contribution < -0.4 is 0 Å². The van der Waals surface area contributed by atoms with Crippen molar-refractivity contribution in [2.75, 3.05) is 40.7 Å². The molecular weight excluding hydrogens is 960 g/mol. The number of hydrogen-bond donors (Lipinski definition) is 5. The lowest BCUT2D eigenvalue weighted by Gasteiger charge is -2.52. The van der Waals surface area contributed by atoms with Crippen molar-refractivity contribution in [3.63, 3.8) is 0 Å². The van der Waals surface area contributed by atoms with E-state index < -0.39 is 142 Å². The molecule has 5 N–H and O–H groups in total. The number of rotatable bonds is 15. The number of Topliss-reactive ketones (excluding diaryl/α,β-unsaturated/α-hetero) is 1. The first-order chi connectivity index (χ1) is 33.5. The molecule has 1 aromatic carbocycles. The lowest BCUT2D eigenvalue weighted by Crippen LogP contribution is -2.62. The quantitative estimate of drug-likeness (QED) is 0.160. The number of sulfone groups is 1. The highest BCUT2D eigenvalue weighted by atomic mass is 32.2. The summed E-state index contributed by atoms with van der Waals surface area (Å²) in [6.07, 6.45) is -7.05. The van der Waals surface area contributed by atoms with Crippen LogP contribution in [-0.2, 0) is 54.3 Å². The Kier molecular flexibility index (Phi) is 19.8. The van der Waals surface area contributed by atoms with Gasteiger partial charge >= 0.3 is 5.97 Å². The molecule has 1 unspecified atom stereocenters. The molecule has 4 heterocycles. The van der Waals surface area contributed by atoms with Crippen molar-refractivity contribution in [2.24, 2.45) is 29.6 Å². The number of aliphatic hydroxyl groups is 5. The summed E-state index contributed by atoms with van der Waals surface area (Å²) in [7, 11) is 1.35. The number of ether oxygens (including phenoxy) is 6. The lowest BCUT2D eigenvalue weighted by molar-refractivity contribution is -0.305. The average molecular weight is 1040 g/mol. The maximum Gasteiger partial charge on any atom is 0.309 e. The molecule has 0 bridgehead atoms. The standard InChI is InChI=1S/C51H83FN4O15S/c1-15-39-51(10,63)44(60)31(6)41(57)27(2)23-50(9,67-13)46(29(4)40(30(5)47(62)70-39)38-24-49(8,66-12)45(61)32(7)69-38)71-48-43(59)36(22-28(3)68-48)55(11)21-20-34-26-56(54-53-34)37(25-52)42(58)33-16-18-35(19-17-33)72(14,64)65/h16-19,26-32,36-40,42-46,48,58-61,63H,15,20-25H2,1-14H3/t27-,28-,29+,30-,31+,32+,36+,37-,38?,39-,40+,42-,43-,44-,45+,46-,48+,49-,50-,51-/m1/s1. The molecule has 0 aliphatic carbocycles. The second-order valence-electron chi connectivity index (χ2n) is 21.7. The van der Waals surface area contributed by atoms with Crippen LogP contribution in [0.15, 0.2) is 35.4 Å². The molecule has 3 saturated heterocycles. The van der Waals surface area contributed by atoms with Crippen LogP contribution in [0.4, 0.5) is 4.39 Å². The van der Waals surface area contributed by atoms with Gasteiger partial charge in [-0.2, -0.15) is 0 Å². The molecular formula is C51H83FN4O15S. The van der Waals surface area contributed by atoms with E-state index in [0.717, 1.165) is 6.26 Å². The van der Waals surface area contributed by atoms with E-state index >= 15 is 0 Å². The molecule has 0 spiro atoms. The van der Waals surface area contributed by atoms with Gasteiger partial charge in [0.1, 0.15) is 48.5 Å². The van der Waals surface area contributed by atoms with Crippen LogP contribution in [0, 0.1) is 29.6 Å². The number of esters is 1. The molecule has 3 fully saturated rings. The minimum atomic E-state index is -3.48. The molecule has 5 rings (SSSR count). The monoisotopic (exact) mass is 1040 g/mol. The number of carbonyl (C=O) groups excluding carboxylic acids is 2. The molecule has 3 aliphatic rings. The van der Waals surface area contributed by atoms with Crippen LogP contribution in [0.5, 0.6) is 0 Å². The van der Waals surface area contributed by atoms with E-state index in [2.05, 4.69) is 10.3 Å². The summed E-state index contributed by atoms with van der Waals surface area (Å²) in [6, 6.07) is 3.88. The molecule has 0 amide bonds. The van der Waals surface area contributed by atoms with Crippen molar-refractivity contribution in [1.29, 1.82) is 0 Å². The largest absolute Gasteiger partial charge is 0.459 e. The minimum absolute atomic E-state index is 0.0495. The van der Waals surface area contributed by atoms with Gasteiger partial charge in [-0.25, -0.2) is 17.5 Å². The first kappa shape index (κ1) is 59.8. The Morgan fingerprint density at radius 1 is 0.944 bits per heavy atom. The zero-order valence-corrected chi connectivity index (χ0v) is 45.4. The van der Waals surface area contributed by atoms with E-state index in [1.54, 1.807) is 47.7 Å². The summed E-state index contributed by atoms with van der Waals surface area (Å²) in [5.41, 5.74) is -3.66. The van der Waals surface area contributed by atoms with E-state index in [9.17, 15) is 47.9 Å². The number of aliphatic hydroxyl groups excluding tert-OH is 4.